The van der Waals surface area contributed by atoms with Gasteiger partial charge in [-0.1, -0.05) is 44.5 Å². The maximum atomic E-state index is 13.7. The van der Waals surface area contributed by atoms with Crippen LogP contribution in [0.5, 0.6) is 5.75 Å². The number of hydrogen-bond donors (Lipinski definition) is 0. The quantitative estimate of drug-likeness (QED) is 0.111. The van der Waals surface area contributed by atoms with Gasteiger partial charge in [0.15, 0.2) is 0 Å². The van der Waals surface area contributed by atoms with Gasteiger partial charge in [-0.2, -0.15) is 50.0 Å². The molecule has 0 bridgehead atoms. The number of hydrogen-bond acceptors (Lipinski definition) is 3. The zero-order valence-electron chi connectivity index (χ0n) is 22.8. The number of carbonyl (C=O) groups is 1. The number of esters is 1. The molecule has 0 N–H and O–H groups in total. The van der Waals surface area contributed by atoms with Gasteiger partial charge in [-0.3, -0.25) is 11.1 Å². The molecular weight excluding hydrogens is 998 g/mol. The van der Waals surface area contributed by atoms with Crippen molar-refractivity contribution < 1.29 is 86.3 Å². The molecule has 38 heavy (non-hydrogen) atoms. The van der Waals surface area contributed by atoms with E-state index in [0.29, 0.717) is 23.3 Å². The third kappa shape index (κ3) is 18.3. The second kappa shape index (κ2) is 26.2. The summed E-state index contributed by atoms with van der Waals surface area (Å²) >= 11 is 0. The van der Waals surface area contributed by atoms with Gasteiger partial charge in [0.2, 0.25) is 0 Å². The number of ether oxygens (including phenoxy) is 1. The van der Waals surface area contributed by atoms with Gasteiger partial charge in [0, 0.05) is 45.4 Å². The number of allylic oxidation sites excluding steroid dienone is 2. The Labute approximate surface area is 271 Å². The van der Waals surface area contributed by atoms with Crippen LogP contribution in [0.3, 0.4) is 0 Å². The van der Waals surface area contributed by atoms with Crippen LogP contribution in [-0.2, 0) is 72.8 Å². The first-order valence-corrected chi connectivity index (χ1v) is 11.5. The number of rotatable bonds is 9. The van der Waals surface area contributed by atoms with E-state index in [1.807, 2.05) is 19.1 Å². The van der Waals surface area contributed by atoms with Crippen LogP contribution in [0.1, 0.15) is 59.9 Å². The van der Waals surface area contributed by atoms with Crippen molar-refractivity contribution in [3.05, 3.63) is 91.2 Å². The summed E-state index contributed by atoms with van der Waals surface area (Å²) in [6, 6.07) is 8.00. The van der Waals surface area contributed by atoms with E-state index in [9.17, 15) is 18.4 Å². The van der Waals surface area contributed by atoms with Crippen LogP contribution < -0.4 is 4.74 Å². The van der Waals surface area contributed by atoms with Crippen LogP contribution in [0.15, 0.2) is 55.1 Å². The summed E-state index contributed by atoms with van der Waals surface area (Å²) in [5.41, 5.74) is 1.20. The molecule has 2 aromatic rings. The predicted octanol–water partition coefficient (Wildman–Crippen LogP) is 8.05. The molecular formula is C30H36F2O3W3. The maximum absolute atomic E-state index is 13.7. The Morgan fingerprint density at radius 1 is 1.05 bits per heavy atom. The average Bonchev–Trinajstić information content (AvgIpc) is 2.84. The fourth-order valence-electron chi connectivity index (χ4n) is 2.71. The Bertz CT molecular complexity index is 958. The van der Waals surface area contributed by atoms with Crippen molar-refractivity contribution in [2.75, 3.05) is 0 Å². The first-order chi connectivity index (χ1) is 16.6. The van der Waals surface area contributed by atoms with Gasteiger partial charge < -0.3 is 22.4 Å². The van der Waals surface area contributed by atoms with E-state index in [2.05, 4.69) is 53.2 Å². The molecule has 2 unspecified atom stereocenters. The van der Waals surface area contributed by atoms with Crippen LogP contribution in [-0.4, -0.2) is 12.3 Å². The fraction of sp³-hybridized carbons (Fsp3) is 0.333. The van der Waals surface area contributed by atoms with Crippen LogP contribution >= 0.6 is 0 Å². The summed E-state index contributed by atoms with van der Waals surface area (Å²) < 4.78 is 31.6. The van der Waals surface area contributed by atoms with Gasteiger partial charge in [0.05, 0.1) is 0 Å². The summed E-state index contributed by atoms with van der Waals surface area (Å²) in [7, 11) is 0. The van der Waals surface area contributed by atoms with E-state index in [0.717, 1.165) is 24.3 Å². The molecule has 0 aliphatic carbocycles. The van der Waals surface area contributed by atoms with Crippen molar-refractivity contribution in [2.24, 2.45) is 11.8 Å². The van der Waals surface area contributed by atoms with Crippen LogP contribution in [0.2, 0.25) is 0 Å². The van der Waals surface area contributed by atoms with Gasteiger partial charge in [-0.15, -0.1) is 12.5 Å². The summed E-state index contributed by atoms with van der Waals surface area (Å²) in [6.07, 6.45) is 14.1. The average molecular weight is 1030 g/mol. The topological polar surface area (TPSA) is 43.4 Å². The minimum absolute atomic E-state index is 0. The maximum Gasteiger partial charge on any atom is 2.00 e. The SMILES string of the molecule is C=[C-]c1cc(-c2ccc(F)cc2F)ccc1OC(C)=O.CC/C=C\C[C-]=O.C[CH-]C(C)C(C)[CH-]C.[W+2].[W+2].[W]. The Balaban J connectivity index is -0.000000271. The van der Waals surface area contributed by atoms with Crippen molar-refractivity contribution in [2.45, 2.75) is 54.4 Å². The van der Waals surface area contributed by atoms with Crippen LogP contribution in [0.25, 0.3) is 11.1 Å². The molecule has 2 atom stereocenters. The zero-order chi connectivity index (χ0) is 26.8. The third-order valence-corrected chi connectivity index (χ3v) is 5.15. The van der Waals surface area contributed by atoms with Gasteiger partial charge in [0.1, 0.15) is 11.6 Å². The Morgan fingerprint density at radius 3 is 2.05 bits per heavy atom. The summed E-state index contributed by atoms with van der Waals surface area (Å²) in [5.74, 6) is -0.0143. The van der Waals surface area contributed by atoms with E-state index in [-0.39, 0.29) is 68.8 Å². The van der Waals surface area contributed by atoms with E-state index in [4.69, 9.17) is 4.74 Å². The molecule has 0 amide bonds. The van der Waals surface area contributed by atoms with E-state index in [1.165, 1.54) is 25.1 Å². The molecule has 206 valence electrons. The molecule has 3 nitrogen and oxygen atoms in total. The first-order valence-electron chi connectivity index (χ1n) is 11.5. The molecule has 2 rings (SSSR count). The van der Waals surface area contributed by atoms with Gasteiger partial charge >= 0.3 is 42.1 Å². The normalized spacial score (nSPS) is 10.9. The fourth-order valence-corrected chi connectivity index (χ4v) is 2.71. The molecule has 0 aliphatic heterocycles. The molecule has 0 saturated heterocycles. The molecule has 0 aromatic heterocycles. The smallest absolute Gasteiger partial charge is 0.541 e. The summed E-state index contributed by atoms with van der Waals surface area (Å²) in [4.78, 5) is 20.5. The standard InChI is InChI=1S/C16H11F2O2.C8H16.C6H9O.3W/c1-3-11-8-12(4-7-16(11)20-10(2)19)14-6-5-13(17)9-15(14)18;1-5-7(3)8(4)6-2;1-2-3-4-5-6-7;;;/h4-9H,1H2,2H3;5-8H,1-4H3;3-4H,2,5H2,1H3;;;/q-1;-2;-1;;2*+2/b;;4-3-;;;. The molecule has 0 heterocycles. The first kappa shape index (κ1) is 44.0. The van der Waals surface area contributed by atoms with E-state index >= 15 is 0 Å². The molecule has 0 aliphatic rings. The van der Waals surface area contributed by atoms with Crippen LogP contribution in [0.4, 0.5) is 8.78 Å². The van der Waals surface area contributed by atoms with Gasteiger partial charge in [-0.05, 0) is 18.6 Å². The number of halogens is 2. The minimum Gasteiger partial charge on any atom is -0.541 e. The van der Waals surface area contributed by atoms with Gasteiger partial charge in [0.25, 0.3) is 5.97 Å². The molecule has 0 spiro atoms. The minimum atomic E-state index is -0.666. The predicted molar refractivity (Wildman–Crippen MR) is 139 cm³/mol. The van der Waals surface area contributed by atoms with Crippen molar-refractivity contribution >= 4 is 12.3 Å². The molecule has 0 radical (unpaired) electrons. The van der Waals surface area contributed by atoms with Crippen molar-refractivity contribution in [1.82, 2.24) is 0 Å². The largest absolute Gasteiger partial charge is 2.00 e. The summed E-state index contributed by atoms with van der Waals surface area (Å²) in [6.45, 7) is 15.5. The third-order valence-electron chi connectivity index (χ3n) is 5.15. The number of benzene rings is 2. The second-order valence-corrected chi connectivity index (χ2v) is 7.72. The summed E-state index contributed by atoms with van der Waals surface area (Å²) in [5, 5.41) is 0. The molecule has 2 aromatic carbocycles. The van der Waals surface area contributed by atoms with E-state index in [1.54, 1.807) is 18.4 Å². The van der Waals surface area contributed by atoms with Crippen molar-refractivity contribution in [1.29, 1.82) is 0 Å². The number of carbonyl (C=O) groups excluding carboxylic acids is 2. The zero-order valence-corrected chi connectivity index (χ0v) is 31.6. The second-order valence-electron chi connectivity index (χ2n) is 7.72. The monoisotopic (exact) mass is 1030 g/mol. The molecule has 0 fully saturated rings. The molecule has 0 saturated carbocycles. The Kier molecular flexibility index (Phi) is 30.4. The van der Waals surface area contributed by atoms with Crippen molar-refractivity contribution in [3.8, 4) is 16.9 Å². The van der Waals surface area contributed by atoms with Gasteiger partial charge in [-0.25, -0.2) is 8.78 Å². The molecule has 8 heteroatoms. The Morgan fingerprint density at radius 2 is 1.63 bits per heavy atom. The Hall–Kier alpha value is -1.02. The van der Waals surface area contributed by atoms with Crippen LogP contribution in [0, 0.1) is 42.4 Å². The van der Waals surface area contributed by atoms with E-state index < -0.39 is 17.6 Å². The van der Waals surface area contributed by atoms with Crippen molar-refractivity contribution in [3.63, 3.8) is 0 Å².